The molecule has 1 atom stereocenters. The molecule has 0 radical (unpaired) electrons. The van der Waals surface area contributed by atoms with Gasteiger partial charge in [0.15, 0.2) is 5.82 Å². The standard InChI is InChI=1S/C14H22ClN3O2/c1-10(2)19-8-4-6-16-13-9-12(15)17-14(18-13)11-5-3-7-20-11/h9-11H,3-8H2,1-2H3,(H,16,17,18). The summed E-state index contributed by atoms with van der Waals surface area (Å²) in [5, 5.41) is 3.70. The largest absolute Gasteiger partial charge is 0.379 e. The molecule has 2 rings (SSSR count). The summed E-state index contributed by atoms with van der Waals surface area (Å²) in [6.07, 6.45) is 3.19. The average molecular weight is 300 g/mol. The minimum absolute atomic E-state index is 0.0153. The van der Waals surface area contributed by atoms with E-state index in [1.807, 2.05) is 13.8 Å². The predicted octanol–water partition coefficient (Wildman–Crippen LogP) is 3.21. The van der Waals surface area contributed by atoms with Crippen LogP contribution in [-0.4, -0.2) is 35.8 Å². The van der Waals surface area contributed by atoms with Gasteiger partial charge in [0.25, 0.3) is 0 Å². The van der Waals surface area contributed by atoms with Gasteiger partial charge in [-0.15, -0.1) is 0 Å². The van der Waals surface area contributed by atoms with Crippen LogP contribution in [0.15, 0.2) is 6.07 Å². The van der Waals surface area contributed by atoms with Crippen molar-refractivity contribution in [2.75, 3.05) is 25.1 Å². The molecule has 112 valence electrons. The molecule has 1 fully saturated rings. The molecule has 0 aliphatic carbocycles. The zero-order valence-corrected chi connectivity index (χ0v) is 12.8. The van der Waals surface area contributed by atoms with Crippen LogP contribution in [0.5, 0.6) is 0 Å². The Labute approximate surface area is 125 Å². The maximum Gasteiger partial charge on any atom is 0.161 e. The molecule has 6 heteroatoms. The van der Waals surface area contributed by atoms with E-state index in [9.17, 15) is 0 Å². The van der Waals surface area contributed by atoms with Crippen molar-refractivity contribution in [3.63, 3.8) is 0 Å². The summed E-state index contributed by atoms with van der Waals surface area (Å²) in [7, 11) is 0. The summed E-state index contributed by atoms with van der Waals surface area (Å²) in [4.78, 5) is 8.72. The summed E-state index contributed by atoms with van der Waals surface area (Å²) in [5.74, 6) is 1.43. The first-order valence-corrected chi connectivity index (χ1v) is 7.54. The van der Waals surface area contributed by atoms with Gasteiger partial charge in [0, 0.05) is 25.8 Å². The van der Waals surface area contributed by atoms with Crippen molar-refractivity contribution in [3.8, 4) is 0 Å². The molecule has 1 unspecified atom stereocenters. The molecule has 20 heavy (non-hydrogen) atoms. The Bertz CT molecular complexity index is 423. The second kappa shape index (κ2) is 7.76. The van der Waals surface area contributed by atoms with Crippen LogP contribution in [0.25, 0.3) is 0 Å². The molecule has 0 spiro atoms. The molecule has 2 heterocycles. The zero-order valence-electron chi connectivity index (χ0n) is 12.1. The van der Waals surface area contributed by atoms with E-state index in [0.717, 1.165) is 44.8 Å². The Kier molecular flexibility index (Phi) is 6.01. The predicted molar refractivity (Wildman–Crippen MR) is 79.2 cm³/mol. The van der Waals surface area contributed by atoms with Gasteiger partial charge >= 0.3 is 0 Å². The highest BCUT2D eigenvalue weighted by atomic mass is 35.5. The zero-order chi connectivity index (χ0) is 14.4. The highest BCUT2D eigenvalue weighted by Crippen LogP contribution is 2.27. The lowest BCUT2D eigenvalue weighted by Gasteiger charge is -2.12. The van der Waals surface area contributed by atoms with Gasteiger partial charge in [-0.2, -0.15) is 0 Å². The summed E-state index contributed by atoms with van der Waals surface area (Å²) < 4.78 is 11.1. The van der Waals surface area contributed by atoms with Gasteiger partial charge in [-0.25, -0.2) is 9.97 Å². The van der Waals surface area contributed by atoms with E-state index in [1.54, 1.807) is 6.07 Å². The van der Waals surface area contributed by atoms with Gasteiger partial charge in [0.2, 0.25) is 0 Å². The number of aromatic nitrogens is 2. The van der Waals surface area contributed by atoms with Crippen molar-refractivity contribution in [1.29, 1.82) is 0 Å². The Morgan fingerprint density at radius 2 is 2.35 bits per heavy atom. The normalized spacial score (nSPS) is 18.7. The van der Waals surface area contributed by atoms with Crippen molar-refractivity contribution in [3.05, 3.63) is 17.0 Å². The van der Waals surface area contributed by atoms with Gasteiger partial charge in [-0.05, 0) is 33.1 Å². The second-order valence-electron chi connectivity index (χ2n) is 5.14. The number of hydrogen-bond acceptors (Lipinski definition) is 5. The summed E-state index contributed by atoms with van der Waals surface area (Å²) in [6.45, 7) is 6.37. The molecule has 0 aromatic carbocycles. The average Bonchev–Trinajstić information content (AvgIpc) is 2.91. The molecule has 1 aliphatic rings. The minimum Gasteiger partial charge on any atom is -0.379 e. The van der Waals surface area contributed by atoms with E-state index in [2.05, 4.69) is 15.3 Å². The first kappa shape index (κ1) is 15.5. The maximum absolute atomic E-state index is 6.04. The highest BCUT2D eigenvalue weighted by molar-refractivity contribution is 6.29. The number of nitrogens with one attached hydrogen (secondary N) is 1. The molecule has 1 saturated heterocycles. The number of anilines is 1. The maximum atomic E-state index is 6.04. The van der Waals surface area contributed by atoms with Crippen LogP contribution in [0.2, 0.25) is 5.15 Å². The SMILES string of the molecule is CC(C)OCCCNc1cc(Cl)nc(C2CCCO2)n1. The number of rotatable bonds is 7. The molecule has 5 nitrogen and oxygen atoms in total. The lowest BCUT2D eigenvalue weighted by molar-refractivity contribution is 0.0787. The smallest absolute Gasteiger partial charge is 0.161 e. The van der Waals surface area contributed by atoms with E-state index < -0.39 is 0 Å². The van der Waals surface area contributed by atoms with Crippen LogP contribution in [0.1, 0.15) is 45.0 Å². The Hall–Kier alpha value is -0.910. The monoisotopic (exact) mass is 299 g/mol. The summed E-state index contributed by atoms with van der Waals surface area (Å²) in [6, 6.07) is 1.74. The number of hydrogen-bond donors (Lipinski definition) is 1. The molecular formula is C14H22ClN3O2. The van der Waals surface area contributed by atoms with E-state index >= 15 is 0 Å². The fourth-order valence-electron chi connectivity index (χ4n) is 2.06. The van der Waals surface area contributed by atoms with E-state index in [0.29, 0.717) is 11.0 Å². The molecule has 0 amide bonds. The van der Waals surface area contributed by atoms with Crippen molar-refractivity contribution >= 4 is 17.4 Å². The van der Waals surface area contributed by atoms with Crippen molar-refractivity contribution in [2.24, 2.45) is 0 Å². The van der Waals surface area contributed by atoms with E-state index in [-0.39, 0.29) is 12.2 Å². The van der Waals surface area contributed by atoms with Gasteiger partial charge in [0.05, 0.1) is 6.10 Å². The molecule has 1 aliphatic heterocycles. The van der Waals surface area contributed by atoms with Crippen LogP contribution >= 0.6 is 11.6 Å². The Morgan fingerprint density at radius 1 is 1.50 bits per heavy atom. The first-order chi connectivity index (χ1) is 9.65. The van der Waals surface area contributed by atoms with Crippen LogP contribution in [-0.2, 0) is 9.47 Å². The lowest BCUT2D eigenvalue weighted by Crippen LogP contribution is -2.11. The van der Waals surface area contributed by atoms with Crippen LogP contribution in [0, 0.1) is 0 Å². The fourth-order valence-corrected chi connectivity index (χ4v) is 2.25. The van der Waals surface area contributed by atoms with Crippen LogP contribution in [0.3, 0.4) is 0 Å². The molecule has 1 aromatic heterocycles. The van der Waals surface area contributed by atoms with Crippen molar-refractivity contribution < 1.29 is 9.47 Å². The van der Waals surface area contributed by atoms with E-state index in [4.69, 9.17) is 21.1 Å². The molecule has 1 aromatic rings. The molecule has 0 bridgehead atoms. The molecule has 1 N–H and O–H groups in total. The van der Waals surface area contributed by atoms with Crippen LogP contribution in [0.4, 0.5) is 5.82 Å². The first-order valence-electron chi connectivity index (χ1n) is 7.16. The molecule has 0 saturated carbocycles. The molecular weight excluding hydrogens is 278 g/mol. The highest BCUT2D eigenvalue weighted by Gasteiger charge is 2.21. The van der Waals surface area contributed by atoms with Crippen molar-refractivity contribution in [2.45, 2.75) is 45.3 Å². The van der Waals surface area contributed by atoms with Gasteiger partial charge in [-0.1, -0.05) is 11.6 Å². The van der Waals surface area contributed by atoms with Gasteiger partial charge < -0.3 is 14.8 Å². The number of nitrogens with zero attached hydrogens (tertiary/aromatic N) is 2. The van der Waals surface area contributed by atoms with Crippen LogP contribution < -0.4 is 5.32 Å². The fraction of sp³-hybridized carbons (Fsp3) is 0.714. The summed E-state index contributed by atoms with van der Waals surface area (Å²) >= 11 is 6.04. The third-order valence-corrected chi connectivity index (χ3v) is 3.20. The lowest BCUT2D eigenvalue weighted by atomic mass is 10.2. The Balaban J connectivity index is 1.84. The third kappa shape index (κ3) is 4.89. The summed E-state index contributed by atoms with van der Waals surface area (Å²) in [5.41, 5.74) is 0. The number of halogens is 1. The quantitative estimate of drug-likeness (QED) is 0.619. The second-order valence-corrected chi connectivity index (χ2v) is 5.52. The van der Waals surface area contributed by atoms with Crippen molar-refractivity contribution in [1.82, 2.24) is 9.97 Å². The van der Waals surface area contributed by atoms with Gasteiger partial charge in [-0.3, -0.25) is 0 Å². The third-order valence-electron chi connectivity index (χ3n) is 3.01. The number of ether oxygens (including phenoxy) is 2. The van der Waals surface area contributed by atoms with E-state index in [1.165, 1.54) is 0 Å². The van der Waals surface area contributed by atoms with Gasteiger partial charge in [0.1, 0.15) is 17.1 Å². The Morgan fingerprint density at radius 3 is 3.05 bits per heavy atom. The topological polar surface area (TPSA) is 56.3 Å². The minimum atomic E-state index is -0.0153.